The Bertz CT molecular complexity index is 369. The molecule has 0 aliphatic carbocycles. The number of aliphatic hydroxyl groups is 1. The highest BCUT2D eigenvalue weighted by molar-refractivity contribution is 8.00. The summed E-state index contributed by atoms with van der Waals surface area (Å²) >= 11 is 1.23. The van der Waals surface area contributed by atoms with Gasteiger partial charge in [-0.05, 0) is 30.5 Å². The van der Waals surface area contributed by atoms with Gasteiger partial charge in [-0.2, -0.15) is 0 Å². The molecule has 0 amide bonds. The lowest BCUT2D eigenvalue weighted by Crippen LogP contribution is -2.17. The fourth-order valence-corrected chi connectivity index (χ4v) is 2.88. The minimum absolute atomic E-state index is 0.0501. The van der Waals surface area contributed by atoms with Crippen LogP contribution in [0, 0.1) is 11.6 Å². The van der Waals surface area contributed by atoms with E-state index in [1.54, 1.807) is 0 Å². The van der Waals surface area contributed by atoms with E-state index in [1.807, 2.05) is 0 Å². The van der Waals surface area contributed by atoms with Crippen molar-refractivity contribution in [3.63, 3.8) is 0 Å². The van der Waals surface area contributed by atoms with Gasteiger partial charge in [-0.1, -0.05) is 0 Å². The summed E-state index contributed by atoms with van der Waals surface area (Å²) in [4.78, 5) is 0.0501. The van der Waals surface area contributed by atoms with E-state index in [-0.39, 0.29) is 22.3 Å². The van der Waals surface area contributed by atoms with Crippen molar-refractivity contribution in [1.29, 1.82) is 0 Å². The molecule has 0 atom stereocenters. The van der Waals surface area contributed by atoms with E-state index in [0.717, 1.165) is 12.8 Å². The average Bonchev–Trinajstić information content (AvgIpc) is 2.35. The van der Waals surface area contributed by atoms with Gasteiger partial charge in [0.15, 0.2) is 0 Å². The number of hydrogen-bond donors (Lipinski definition) is 1. The number of halogens is 2. The zero-order valence-electron chi connectivity index (χ0n) is 9.29. The molecule has 1 aliphatic rings. The van der Waals surface area contributed by atoms with Crippen LogP contribution in [0.2, 0.25) is 0 Å². The van der Waals surface area contributed by atoms with Crippen LogP contribution in [0.15, 0.2) is 17.0 Å². The Morgan fingerprint density at radius 1 is 1.24 bits per heavy atom. The van der Waals surface area contributed by atoms with Crippen LogP contribution in [0.4, 0.5) is 8.78 Å². The Hall–Kier alpha value is -0.650. The first-order chi connectivity index (χ1) is 8.20. The van der Waals surface area contributed by atoms with Crippen LogP contribution < -0.4 is 0 Å². The molecule has 1 saturated heterocycles. The molecule has 5 heteroatoms. The summed E-state index contributed by atoms with van der Waals surface area (Å²) in [6.45, 7) is 0.946. The molecule has 0 unspecified atom stereocenters. The summed E-state index contributed by atoms with van der Waals surface area (Å²) in [6, 6.07) is 2.37. The van der Waals surface area contributed by atoms with Gasteiger partial charge in [0.05, 0.1) is 11.5 Å². The standard InChI is InChI=1S/C12H14F2O2S/c13-10-5-8(7-15)6-11(14)12(10)17-9-1-3-16-4-2-9/h5-6,9,15H,1-4,7H2. The van der Waals surface area contributed by atoms with Crippen LogP contribution in [-0.4, -0.2) is 23.6 Å². The van der Waals surface area contributed by atoms with E-state index in [9.17, 15) is 8.78 Å². The molecule has 0 aromatic heterocycles. The molecule has 2 rings (SSSR count). The van der Waals surface area contributed by atoms with E-state index in [4.69, 9.17) is 9.84 Å². The zero-order chi connectivity index (χ0) is 12.3. The molecular formula is C12H14F2O2S. The first kappa shape index (κ1) is 12.8. The number of hydrogen-bond acceptors (Lipinski definition) is 3. The summed E-state index contributed by atoms with van der Waals surface area (Å²) in [6.07, 6.45) is 1.62. The summed E-state index contributed by atoms with van der Waals surface area (Å²) in [7, 11) is 0. The van der Waals surface area contributed by atoms with Gasteiger partial charge in [0, 0.05) is 18.5 Å². The van der Waals surface area contributed by atoms with Crippen molar-refractivity contribution in [2.45, 2.75) is 29.6 Å². The van der Waals surface area contributed by atoms with Gasteiger partial charge in [0.1, 0.15) is 11.6 Å². The third kappa shape index (κ3) is 3.18. The van der Waals surface area contributed by atoms with Gasteiger partial charge >= 0.3 is 0 Å². The van der Waals surface area contributed by atoms with Crippen LogP contribution in [0.5, 0.6) is 0 Å². The maximum Gasteiger partial charge on any atom is 0.140 e. The normalized spacial score (nSPS) is 17.4. The van der Waals surface area contributed by atoms with E-state index >= 15 is 0 Å². The second kappa shape index (κ2) is 5.80. The van der Waals surface area contributed by atoms with Crippen molar-refractivity contribution >= 4 is 11.8 Å². The van der Waals surface area contributed by atoms with E-state index in [1.165, 1.54) is 23.9 Å². The summed E-state index contributed by atoms with van der Waals surface area (Å²) in [5.41, 5.74) is 0.260. The fraction of sp³-hybridized carbons (Fsp3) is 0.500. The van der Waals surface area contributed by atoms with Crippen LogP contribution in [0.3, 0.4) is 0 Å². The van der Waals surface area contributed by atoms with E-state index in [2.05, 4.69) is 0 Å². The van der Waals surface area contributed by atoms with Gasteiger partial charge < -0.3 is 9.84 Å². The maximum absolute atomic E-state index is 13.6. The van der Waals surface area contributed by atoms with Gasteiger partial charge in [0.2, 0.25) is 0 Å². The second-order valence-electron chi connectivity index (χ2n) is 3.98. The van der Waals surface area contributed by atoms with Crippen molar-refractivity contribution in [2.24, 2.45) is 0 Å². The first-order valence-corrected chi connectivity index (χ1v) is 6.42. The molecule has 1 heterocycles. The largest absolute Gasteiger partial charge is 0.392 e. The number of aliphatic hydroxyl groups excluding tert-OH is 1. The predicted molar refractivity (Wildman–Crippen MR) is 62.0 cm³/mol. The lowest BCUT2D eigenvalue weighted by atomic mass is 10.2. The van der Waals surface area contributed by atoms with Gasteiger partial charge in [-0.15, -0.1) is 11.8 Å². The van der Waals surface area contributed by atoms with Gasteiger partial charge in [-0.25, -0.2) is 8.78 Å². The molecular weight excluding hydrogens is 246 g/mol. The van der Waals surface area contributed by atoms with Gasteiger partial charge in [0.25, 0.3) is 0 Å². The molecule has 1 aromatic carbocycles. The topological polar surface area (TPSA) is 29.5 Å². The Morgan fingerprint density at radius 3 is 2.35 bits per heavy atom. The summed E-state index contributed by atoms with van der Waals surface area (Å²) in [5, 5.41) is 9.04. The van der Waals surface area contributed by atoms with E-state index < -0.39 is 11.6 Å². The highest BCUT2D eigenvalue weighted by Gasteiger charge is 2.20. The molecule has 1 aromatic rings. The molecule has 0 spiro atoms. The van der Waals surface area contributed by atoms with Crippen molar-refractivity contribution in [3.05, 3.63) is 29.3 Å². The predicted octanol–water partition coefficient (Wildman–Crippen LogP) is 2.73. The molecule has 1 aliphatic heterocycles. The quantitative estimate of drug-likeness (QED) is 0.906. The first-order valence-electron chi connectivity index (χ1n) is 5.54. The third-order valence-electron chi connectivity index (χ3n) is 2.69. The Morgan fingerprint density at radius 2 is 1.82 bits per heavy atom. The lowest BCUT2D eigenvalue weighted by Gasteiger charge is -2.21. The maximum atomic E-state index is 13.6. The Labute approximate surface area is 103 Å². The van der Waals surface area contributed by atoms with Crippen molar-refractivity contribution in [3.8, 4) is 0 Å². The van der Waals surface area contributed by atoms with Crippen molar-refractivity contribution in [2.75, 3.05) is 13.2 Å². The molecule has 2 nitrogen and oxygen atoms in total. The molecule has 17 heavy (non-hydrogen) atoms. The SMILES string of the molecule is OCc1cc(F)c(SC2CCOCC2)c(F)c1. The second-order valence-corrected chi connectivity index (χ2v) is 5.29. The minimum Gasteiger partial charge on any atom is -0.392 e. The molecule has 0 saturated carbocycles. The smallest absolute Gasteiger partial charge is 0.140 e. The Kier molecular flexibility index (Phi) is 4.36. The Balaban J connectivity index is 2.14. The highest BCUT2D eigenvalue weighted by atomic mass is 32.2. The number of rotatable bonds is 3. The fourth-order valence-electron chi connectivity index (χ4n) is 1.78. The number of ether oxygens (including phenoxy) is 1. The minimum atomic E-state index is -0.592. The van der Waals surface area contributed by atoms with Gasteiger partial charge in [-0.3, -0.25) is 0 Å². The van der Waals surface area contributed by atoms with Crippen molar-refractivity contribution < 1.29 is 18.6 Å². The van der Waals surface area contributed by atoms with Crippen LogP contribution in [-0.2, 0) is 11.3 Å². The van der Waals surface area contributed by atoms with Crippen LogP contribution >= 0.6 is 11.8 Å². The van der Waals surface area contributed by atoms with E-state index in [0.29, 0.717) is 13.2 Å². The number of benzene rings is 1. The highest BCUT2D eigenvalue weighted by Crippen LogP contribution is 2.33. The van der Waals surface area contributed by atoms with Crippen LogP contribution in [0.25, 0.3) is 0 Å². The molecule has 0 bridgehead atoms. The lowest BCUT2D eigenvalue weighted by molar-refractivity contribution is 0.1000. The molecule has 0 radical (unpaired) electrons. The molecule has 1 fully saturated rings. The van der Waals surface area contributed by atoms with Crippen molar-refractivity contribution in [1.82, 2.24) is 0 Å². The molecule has 1 N–H and O–H groups in total. The summed E-state index contributed by atoms with van der Waals surface area (Å²) < 4.78 is 32.5. The zero-order valence-corrected chi connectivity index (χ0v) is 10.1. The number of thioether (sulfide) groups is 1. The van der Waals surface area contributed by atoms with Crippen LogP contribution in [0.1, 0.15) is 18.4 Å². The third-order valence-corrected chi connectivity index (χ3v) is 4.12. The monoisotopic (exact) mass is 260 g/mol. The molecule has 94 valence electrons. The average molecular weight is 260 g/mol. The summed E-state index contributed by atoms with van der Waals surface area (Å²) in [5.74, 6) is -1.18.